The minimum absolute atomic E-state index is 0.0953. The van der Waals surface area contributed by atoms with E-state index < -0.39 is 0 Å². The van der Waals surface area contributed by atoms with Crippen molar-refractivity contribution in [2.75, 3.05) is 0 Å². The average molecular weight is 338 g/mol. The van der Waals surface area contributed by atoms with Gasteiger partial charge in [-0.1, -0.05) is 18.2 Å². The van der Waals surface area contributed by atoms with E-state index in [9.17, 15) is 9.59 Å². The Balaban J connectivity index is 2.04. The van der Waals surface area contributed by atoms with E-state index in [0.29, 0.717) is 21.7 Å². The zero-order valence-electron chi connectivity index (χ0n) is 12.8. The fraction of sp³-hybridized carbons (Fsp3) is 0.235. The molecule has 0 saturated carbocycles. The summed E-state index contributed by atoms with van der Waals surface area (Å²) >= 11 is 1.56. The Morgan fingerprint density at radius 3 is 2.71 bits per heavy atom. The van der Waals surface area contributed by atoms with Gasteiger partial charge in [-0.25, -0.2) is 18.9 Å². The normalized spacial score (nSPS) is 14.3. The van der Waals surface area contributed by atoms with Crippen LogP contribution in [-0.2, 0) is 12.8 Å². The number of aromatic nitrogens is 4. The Bertz CT molecular complexity index is 1200. The van der Waals surface area contributed by atoms with Gasteiger partial charge in [0, 0.05) is 4.88 Å². The summed E-state index contributed by atoms with van der Waals surface area (Å²) in [5.74, 6) is 0.335. The molecule has 24 heavy (non-hydrogen) atoms. The summed E-state index contributed by atoms with van der Waals surface area (Å²) in [6, 6.07) is 9.34. The number of hydrogen-bond acceptors (Lipinski definition) is 4. The van der Waals surface area contributed by atoms with Crippen LogP contribution < -0.4 is 11.2 Å². The molecule has 0 atom stereocenters. The van der Waals surface area contributed by atoms with Crippen LogP contribution in [0.1, 0.15) is 23.3 Å². The molecule has 7 heteroatoms. The first kappa shape index (κ1) is 13.7. The zero-order valence-corrected chi connectivity index (χ0v) is 13.6. The summed E-state index contributed by atoms with van der Waals surface area (Å²) in [6.07, 6.45) is 4.10. The first-order valence-electron chi connectivity index (χ1n) is 7.97. The summed E-state index contributed by atoms with van der Waals surface area (Å²) in [6.45, 7) is 0. The Morgan fingerprint density at radius 2 is 1.88 bits per heavy atom. The van der Waals surface area contributed by atoms with E-state index in [1.165, 1.54) is 13.8 Å². The number of para-hydroxylation sites is 1. The quantitative estimate of drug-likeness (QED) is 0.579. The third-order valence-electron chi connectivity index (χ3n) is 4.64. The van der Waals surface area contributed by atoms with Crippen LogP contribution in [0.4, 0.5) is 0 Å². The van der Waals surface area contributed by atoms with Crippen molar-refractivity contribution in [1.29, 1.82) is 0 Å². The molecule has 0 spiro atoms. The van der Waals surface area contributed by atoms with E-state index in [2.05, 4.69) is 10.2 Å². The van der Waals surface area contributed by atoms with Crippen LogP contribution in [0.3, 0.4) is 0 Å². The maximum Gasteiger partial charge on any atom is 0.350 e. The lowest BCUT2D eigenvalue weighted by molar-refractivity contribution is 0.699. The van der Waals surface area contributed by atoms with Gasteiger partial charge in [0.15, 0.2) is 0 Å². The molecule has 0 unspecified atom stereocenters. The molecule has 1 aliphatic rings. The van der Waals surface area contributed by atoms with Gasteiger partial charge in [-0.3, -0.25) is 4.79 Å². The predicted molar refractivity (Wildman–Crippen MR) is 93.4 cm³/mol. The molecule has 0 aliphatic heterocycles. The van der Waals surface area contributed by atoms with E-state index in [1.807, 2.05) is 30.3 Å². The van der Waals surface area contributed by atoms with Crippen molar-refractivity contribution in [3.63, 3.8) is 0 Å². The topological polar surface area (TPSA) is 72.2 Å². The fourth-order valence-electron chi connectivity index (χ4n) is 3.56. The smallest absolute Gasteiger partial charge is 0.268 e. The molecular weight excluding hydrogens is 324 g/mol. The van der Waals surface area contributed by atoms with Crippen molar-refractivity contribution >= 4 is 27.3 Å². The number of nitrogens with zero attached hydrogens (tertiary/aromatic N) is 3. The summed E-state index contributed by atoms with van der Waals surface area (Å²) in [5, 5.41) is 7.27. The van der Waals surface area contributed by atoms with Crippen LogP contribution in [0.15, 0.2) is 39.9 Å². The standard InChI is InChI=1S/C17H14N4O2S/c22-14-13-11-8-4-5-9-12(11)24-15(13)21-16(18-19-17(21)23)20(14)10-6-2-1-3-7-10/h1-3,6-7H,4-5,8-9H2,(H,19,23). The van der Waals surface area contributed by atoms with Crippen LogP contribution in [0, 0.1) is 0 Å². The summed E-state index contributed by atoms with van der Waals surface area (Å²) < 4.78 is 3.06. The fourth-order valence-corrected chi connectivity index (χ4v) is 4.94. The minimum Gasteiger partial charge on any atom is -0.268 e. The highest BCUT2D eigenvalue weighted by atomic mass is 32.1. The lowest BCUT2D eigenvalue weighted by Crippen LogP contribution is -2.24. The van der Waals surface area contributed by atoms with Gasteiger partial charge < -0.3 is 0 Å². The average Bonchev–Trinajstić information content (AvgIpc) is 3.17. The number of fused-ring (bicyclic) bond motifs is 5. The molecule has 0 fully saturated rings. The molecule has 0 saturated heterocycles. The largest absolute Gasteiger partial charge is 0.350 e. The SMILES string of the molecule is O=c1c2c3c(sc2n2c(=O)[nH]nc2n1-c1ccccc1)CCCC3. The van der Waals surface area contributed by atoms with Gasteiger partial charge in [-0.05, 0) is 43.4 Å². The predicted octanol–water partition coefficient (Wildman–Crippen LogP) is 2.27. The van der Waals surface area contributed by atoms with Crippen LogP contribution >= 0.6 is 11.3 Å². The molecule has 3 aromatic heterocycles. The molecule has 0 bridgehead atoms. The third-order valence-corrected chi connectivity index (χ3v) is 5.92. The van der Waals surface area contributed by atoms with Gasteiger partial charge in [-0.15, -0.1) is 16.4 Å². The van der Waals surface area contributed by atoms with Crippen LogP contribution in [-0.4, -0.2) is 19.2 Å². The van der Waals surface area contributed by atoms with Crippen molar-refractivity contribution in [1.82, 2.24) is 19.2 Å². The lowest BCUT2D eigenvalue weighted by Gasteiger charge is -2.11. The molecule has 0 radical (unpaired) electrons. The number of benzene rings is 1. The molecule has 0 amide bonds. The van der Waals surface area contributed by atoms with Crippen LogP contribution in [0.25, 0.3) is 21.7 Å². The number of nitrogens with one attached hydrogen (secondary N) is 1. The van der Waals surface area contributed by atoms with Gasteiger partial charge in [0.2, 0.25) is 5.78 Å². The Morgan fingerprint density at radius 1 is 1.08 bits per heavy atom. The molecule has 1 N–H and O–H groups in total. The number of rotatable bonds is 1. The molecule has 4 aromatic rings. The summed E-state index contributed by atoms with van der Waals surface area (Å²) in [7, 11) is 0. The minimum atomic E-state index is -0.307. The van der Waals surface area contributed by atoms with E-state index in [4.69, 9.17) is 0 Å². The number of H-pyrrole nitrogens is 1. The lowest BCUT2D eigenvalue weighted by atomic mass is 9.97. The second-order valence-corrected chi connectivity index (χ2v) is 7.11. The van der Waals surface area contributed by atoms with Crippen molar-refractivity contribution in [2.45, 2.75) is 25.7 Å². The Kier molecular flexibility index (Phi) is 2.81. The van der Waals surface area contributed by atoms with Crippen molar-refractivity contribution in [3.8, 4) is 5.69 Å². The van der Waals surface area contributed by atoms with E-state index in [0.717, 1.165) is 31.2 Å². The number of hydrogen-bond donors (Lipinski definition) is 1. The molecule has 120 valence electrons. The van der Waals surface area contributed by atoms with Crippen molar-refractivity contribution in [2.24, 2.45) is 0 Å². The highest BCUT2D eigenvalue weighted by molar-refractivity contribution is 7.18. The molecule has 6 nitrogen and oxygen atoms in total. The Labute approximate surface area is 140 Å². The van der Waals surface area contributed by atoms with Gasteiger partial charge in [0.1, 0.15) is 4.83 Å². The maximum absolute atomic E-state index is 13.3. The van der Waals surface area contributed by atoms with E-state index in [-0.39, 0.29) is 11.2 Å². The molecule has 3 heterocycles. The molecule has 1 aliphatic carbocycles. The molecule has 5 rings (SSSR count). The first-order chi connectivity index (χ1) is 11.8. The van der Waals surface area contributed by atoms with E-state index >= 15 is 0 Å². The van der Waals surface area contributed by atoms with E-state index in [1.54, 1.807) is 11.3 Å². The molecule has 1 aromatic carbocycles. The van der Waals surface area contributed by atoms with Gasteiger partial charge in [0.25, 0.3) is 5.56 Å². The first-order valence-corrected chi connectivity index (χ1v) is 8.79. The highest BCUT2D eigenvalue weighted by Gasteiger charge is 2.24. The monoisotopic (exact) mass is 338 g/mol. The summed E-state index contributed by atoms with van der Waals surface area (Å²) in [5.41, 5.74) is 1.43. The van der Waals surface area contributed by atoms with Gasteiger partial charge in [-0.2, -0.15) is 0 Å². The van der Waals surface area contributed by atoms with Crippen molar-refractivity contribution in [3.05, 3.63) is 61.6 Å². The zero-order chi connectivity index (χ0) is 16.3. The highest BCUT2D eigenvalue weighted by Crippen LogP contribution is 2.34. The Hall–Kier alpha value is -2.67. The van der Waals surface area contributed by atoms with Gasteiger partial charge in [0.05, 0.1) is 11.1 Å². The second kappa shape index (κ2) is 4.91. The number of aromatic amines is 1. The number of aryl methyl sites for hydroxylation is 2. The maximum atomic E-state index is 13.3. The number of thiophene rings is 1. The second-order valence-electron chi connectivity index (χ2n) is 6.03. The third kappa shape index (κ3) is 1.73. The van der Waals surface area contributed by atoms with Crippen LogP contribution in [0.2, 0.25) is 0 Å². The van der Waals surface area contributed by atoms with Gasteiger partial charge >= 0.3 is 5.69 Å². The summed E-state index contributed by atoms with van der Waals surface area (Å²) in [4.78, 5) is 27.6. The van der Waals surface area contributed by atoms with Crippen molar-refractivity contribution < 1.29 is 0 Å². The molecular formula is C17H14N4O2S. The van der Waals surface area contributed by atoms with Crippen LogP contribution in [0.5, 0.6) is 0 Å².